The van der Waals surface area contributed by atoms with Crippen molar-refractivity contribution >= 4 is 11.8 Å². The topological polar surface area (TPSA) is 74.6 Å². The molecule has 4 heteroatoms. The van der Waals surface area contributed by atoms with Crippen molar-refractivity contribution in [3.8, 4) is 0 Å². The molecular formula is C9H16O4. The zero-order valence-corrected chi connectivity index (χ0v) is 7.99. The molecule has 0 rings (SSSR count). The first-order valence-electron chi connectivity index (χ1n) is 4.38. The number of carbonyl (C=O) groups is 2. The highest BCUT2D eigenvalue weighted by molar-refractivity contribution is 5.80. The van der Waals surface area contributed by atoms with E-state index in [0.29, 0.717) is 12.8 Å². The van der Waals surface area contributed by atoms with Gasteiger partial charge < -0.3 is 10.2 Å². The summed E-state index contributed by atoms with van der Waals surface area (Å²) in [6.07, 6.45) is -0.403. The molecule has 0 saturated heterocycles. The zero-order valence-electron chi connectivity index (χ0n) is 7.99. The first-order chi connectivity index (χ1) is 5.95. The van der Waals surface area contributed by atoms with Crippen LogP contribution in [0.4, 0.5) is 0 Å². The van der Waals surface area contributed by atoms with Crippen molar-refractivity contribution in [3.05, 3.63) is 0 Å². The second kappa shape index (κ2) is 5.70. The van der Waals surface area contributed by atoms with E-state index in [9.17, 15) is 9.59 Å². The van der Waals surface area contributed by atoms with Gasteiger partial charge in [-0.2, -0.15) is 0 Å². The summed E-state index contributed by atoms with van der Waals surface area (Å²) in [7, 11) is 0. The molecule has 0 saturated carbocycles. The van der Waals surface area contributed by atoms with Crippen LogP contribution in [0.15, 0.2) is 0 Å². The highest BCUT2D eigenvalue weighted by atomic mass is 16.4. The van der Waals surface area contributed by atoms with E-state index in [4.69, 9.17) is 10.2 Å². The van der Waals surface area contributed by atoms with Crippen LogP contribution < -0.4 is 0 Å². The SMILES string of the molecule is CC(C)C(=O)CCCC(O)C(=O)O. The minimum absolute atomic E-state index is 0.0121. The fourth-order valence-corrected chi connectivity index (χ4v) is 0.882. The van der Waals surface area contributed by atoms with Gasteiger partial charge in [0.05, 0.1) is 0 Å². The van der Waals surface area contributed by atoms with Crippen LogP contribution in [0, 0.1) is 5.92 Å². The largest absolute Gasteiger partial charge is 0.479 e. The Morgan fingerprint density at radius 3 is 2.23 bits per heavy atom. The lowest BCUT2D eigenvalue weighted by atomic mass is 10.0. The van der Waals surface area contributed by atoms with Gasteiger partial charge in [-0.25, -0.2) is 4.79 Å². The molecule has 2 N–H and O–H groups in total. The second-order valence-corrected chi connectivity index (χ2v) is 3.37. The minimum atomic E-state index is -1.33. The van der Waals surface area contributed by atoms with Gasteiger partial charge in [0.1, 0.15) is 5.78 Å². The highest BCUT2D eigenvalue weighted by Crippen LogP contribution is 2.06. The van der Waals surface area contributed by atoms with E-state index in [1.165, 1.54) is 0 Å². The van der Waals surface area contributed by atoms with E-state index in [-0.39, 0.29) is 18.1 Å². The molecule has 1 unspecified atom stereocenters. The molecule has 0 heterocycles. The molecule has 13 heavy (non-hydrogen) atoms. The Hall–Kier alpha value is -0.900. The summed E-state index contributed by atoms with van der Waals surface area (Å²) in [5.74, 6) is -1.13. The molecule has 0 amide bonds. The van der Waals surface area contributed by atoms with Gasteiger partial charge in [0.15, 0.2) is 6.10 Å². The third-order valence-corrected chi connectivity index (χ3v) is 1.83. The normalized spacial score (nSPS) is 12.9. The maximum absolute atomic E-state index is 11.1. The summed E-state index contributed by atoms with van der Waals surface area (Å²) in [6.45, 7) is 3.60. The summed E-state index contributed by atoms with van der Waals surface area (Å²) in [5, 5.41) is 17.2. The van der Waals surface area contributed by atoms with Crippen LogP contribution in [0.5, 0.6) is 0 Å². The maximum atomic E-state index is 11.1. The lowest BCUT2D eigenvalue weighted by molar-refractivity contribution is -0.147. The fraction of sp³-hybridized carbons (Fsp3) is 0.778. The standard InChI is InChI=1S/C9H16O4/c1-6(2)7(10)4-3-5-8(11)9(12)13/h6,8,11H,3-5H2,1-2H3,(H,12,13). The molecule has 0 bridgehead atoms. The number of ketones is 1. The van der Waals surface area contributed by atoms with Crippen molar-refractivity contribution < 1.29 is 19.8 Å². The van der Waals surface area contributed by atoms with Crippen LogP contribution in [-0.2, 0) is 9.59 Å². The van der Waals surface area contributed by atoms with Gasteiger partial charge in [0.25, 0.3) is 0 Å². The van der Waals surface area contributed by atoms with E-state index in [1.807, 2.05) is 0 Å². The molecule has 76 valence electrons. The third-order valence-electron chi connectivity index (χ3n) is 1.83. The van der Waals surface area contributed by atoms with E-state index >= 15 is 0 Å². The fourth-order valence-electron chi connectivity index (χ4n) is 0.882. The van der Waals surface area contributed by atoms with Gasteiger partial charge in [-0.3, -0.25) is 4.79 Å². The number of carboxylic acids is 1. The predicted molar refractivity (Wildman–Crippen MR) is 47.3 cm³/mol. The number of carboxylic acid groups (broad SMARTS) is 1. The molecule has 0 aliphatic rings. The molecular weight excluding hydrogens is 172 g/mol. The van der Waals surface area contributed by atoms with E-state index < -0.39 is 12.1 Å². The molecule has 0 spiro atoms. The lowest BCUT2D eigenvalue weighted by Crippen LogP contribution is -2.19. The number of hydrogen-bond donors (Lipinski definition) is 2. The smallest absolute Gasteiger partial charge is 0.332 e. The number of aliphatic carboxylic acids is 1. The Morgan fingerprint density at radius 2 is 1.85 bits per heavy atom. The molecule has 1 atom stereocenters. The van der Waals surface area contributed by atoms with Gasteiger partial charge in [-0.1, -0.05) is 13.8 Å². The number of hydrogen-bond acceptors (Lipinski definition) is 3. The molecule has 0 aliphatic heterocycles. The Kier molecular flexibility index (Phi) is 5.30. The summed E-state index contributed by atoms with van der Waals surface area (Å²) >= 11 is 0. The van der Waals surface area contributed by atoms with Gasteiger partial charge in [0.2, 0.25) is 0 Å². The van der Waals surface area contributed by atoms with Gasteiger partial charge in [0, 0.05) is 12.3 Å². The van der Waals surface area contributed by atoms with Crippen molar-refractivity contribution in [3.63, 3.8) is 0 Å². The van der Waals surface area contributed by atoms with Crippen molar-refractivity contribution in [2.24, 2.45) is 5.92 Å². The molecule has 4 nitrogen and oxygen atoms in total. The highest BCUT2D eigenvalue weighted by Gasteiger charge is 2.14. The minimum Gasteiger partial charge on any atom is -0.479 e. The Morgan fingerprint density at radius 1 is 1.31 bits per heavy atom. The number of aliphatic hydroxyl groups is 1. The molecule has 0 aromatic carbocycles. The summed E-state index contributed by atoms with van der Waals surface area (Å²) in [5.41, 5.74) is 0. The molecule has 0 radical (unpaired) electrons. The van der Waals surface area contributed by atoms with Crippen LogP contribution in [0.25, 0.3) is 0 Å². The molecule has 0 fully saturated rings. The molecule has 0 aliphatic carbocycles. The van der Waals surface area contributed by atoms with Gasteiger partial charge in [-0.05, 0) is 12.8 Å². The van der Waals surface area contributed by atoms with Crippen LogP contribution >= 0.6 is 0 Å². The van der Waals surface area contributed by atoms with Gasteiger partial charge >= 0.3 is 5.97 Å². The van der Waals surface area contributed by atoms with Crippen LogP contribution in [-0.4, -0.2) is 28.1 Å². The first-order valence-corrected chi connectivity index (χ1v) is 4.38. The summed E-state index contributed by atoms with van der Waals surface area (Å²) < 4.78 is 0. The summed E-state index contributed by atoms with van der Waals surface area (Å²) in [4.78, 5) is 21.2. The molecule has 0 aromatic rings. The Bertz CT molecular complexity index is 186. The number of rotatable bonds is 6. The first kappa shape index (κ1) is 12.1. The monoisotopic (exact) mass is 188 g/mol. The summed E-state index contributed by atoms with van der Waals surface area (Å²) in [6, 6.07) is 0. The van der Waals surface area contributed by atoms with Crippen molar-refractivity contribution in [2.45, 2.75) is 39.2 Å². The number of Topliss-reactive ketones (excluding diaryl/α,β-unsaturated/α-hetero) is 1. The van der Waals surface area contributed by atoms with Crippen molar-refractivity contribution in [1.82, 2.24) is 0 Å². The van der Waals surface area contributed by atoms with Crippen LogP contribution in [0.1, 0.15) is 33.1 Å². The average molecular weight is 188 g/mol. The average Bonchev–Trinajstić information content (AvgIpc) is 2.03. The van der Waals surface area contributed by atoms with Crippen LogP contribution in [0.2, 0.25) is 0 Å². The quantitative estimate of drug-likeness (QED) is 0.647. The molecule has 0 aromatic heterocycles. The third kappa shape index (κ3) is 5.36. The predicted octanol–water partition coefficient (Wildman–Crippen LogP) is 0.827. The number of aliphatic hydroxyl groups excluding tert-OH is 1. The van der Waals surface area contributed by atoms with Crippen molar-refractivity contribution in [1.29, 1.82) is 0 Å². The van der Waals surface area contributed by atoms with E-state index in [0.717, 1.165) is 0 Å². The maximum Gasteiger partial charge on any atom is 0.332 e. The Labute approximate surface area is 77.6 Å². The zero-order chi connectivity index (χ0) is 10.4. The van der Waals surface area contributed by atoms with Gasteiger partial charge in [-0.15, -0.1) is 0 Å². The van der Waals surface area contributed by atoms with E-state index in [1.54, 1.807) is 13.8 Å². The number of carbonyl (C=O) groups excluding carboxylic acids is 1. The van der Waals surface area contributed by atoms with Crippen LogP contribution in [0.3, 0.4) is 0 Å². The van der Waals surface area contributed by atoms with E-state index in [2.05, 4.69) is 0 Å². The lowest BCUT2D eigenvalue weighted by Gasteiger charge is -2.05. The Balaban J connectivity index is 3.56. The second-order valence-electron chi connectivity index (χ2n) is 3.37. The van der Waals surface area contributed by atoms with Crippen molar-refractivity contribution in [2.75, 3.05) is 0 Å².